The monoisotopic (exact) mass is 277 g/mol. The van der Waals surface area contributed by atoms with Crippen molar-refractivity contribution in [1.82, 2.24) is 5.32 Å². The average Bonchev–Trinajstić information content (AvgIpc) is 2.90. The molecule has 0 aliphatic rings. The molecule has 0 saturated heterocycles. The number of furan rings is 1. The lowest BCUT2D eigenvalue weighted by molar-refractivity contribution is 0.380. The Labute approximate surface area is 118 Å². The summed E-state index contributed by atoms with van der Waals surface area (Å²) in [4.78, 5) is 0. The molecule has 1 aromatic heterocycles. The largest absolute Gasteiger partial charge is 0.496 e. The van der Waals surface area contributed by atoms with Gasteiger partial charge in [-0.25, -0.2) is 4.39 Å². The lowest BCUT2D eigenvalue weighted by atomic mass is 10.0. The van der Waals surface area contributed by atoms with E-state index in [-0.39, 0.29) is 17.9 Å². The zero-order valence-electron chi connectivity index (χ0n) is 12.0. The van der Waals surface area contributed by atoms with Gasteiger partial charge in [0.25, 0.3) is 0 Å². The molecule has 2 unspecified atom stereocenters. The van der Waals surface area contributed by atoms with Gasteiger partial charge in [0.2, 0.25) is 0 Å². The molecule has 4 heteroatoms. The molecule has 0 saturated carbocycles. The molecule has 108 valence electrons. The minimum Gasteiger partial charge on any atom is -0.496 e. The smallest absolute Gasteiger partial charge is 0.131 e. The molecule has 0 spiro atoms. The Morgan fingerprint density at radius 2 is 2.05 bits per heavy atom. The van der Waals surface area contributed by atoms with Gasteiger partial charge in [-0.3, -0.25) is 0 Å². The van der Waals surface area contributed by atoms with Crippen LogP contribution in [0.4, 0.5) is 4.39 Å². The molecule has 0 aliphatic heterocycles. The van der Waals surface area contributed by atoms with Crippen molar-refractivity contribution >= 4 is 0 Å². The Morgan fingerprint density at radius 3 is 2.70 bits per heavy atom. The summed E-state index contributed by atoms with van der Waals surface area (Å²) in [5.41, 5.74) is 0.557. The normalized spacial score (nSPS) is 14.0. The summed E-state index contributed by atoms with van der Waals surface area (Å²) >= 11 is 0. The van der Waals surface area contributed by atoms with Gasteiger partial charge in [0, 0.05) is 24.1 Å². The maximum absolute atomic E-state index is 14.0. The number of halogens is 1. The molecule has 2 atom stereocenters. The molecule has 0 radical (unpaired) electrons. The van der Waals surface area contributed by atoms with Crippen LogP contribution in [0, 0.1) is 5.82 Å². The topological polar surface area (TPSA) is 34.4 Å². The summed E-state index contributed by atoms with van der Waals surface area (Å²) in [5.74, 6) is 1.22. The molecule has 2 rings (SSSR count). The van der Waals surface area contributed by atoms with Crippen LogP contribution in [0.1, 0.15) is 31.2 Å². The quantitative estimate of drug-likeness (QED) is 0.874. The van der Waals surface area contributed by atoms with Crippen LogP contribution in [0.2, 0.25) is 0 Å². The van der Waals surface area contributed by atoms with E-state index >= 15 is 0 Å². The fourth-order valence-electron chi connectivity index (χ4n) is 2.42. The minimum absolute atomic E-state index is 0.142. The summed E-state index contributed by atoms with van der Waals surface area (Å²) in [5, 5.41) is 3.37. The average molecular weight is 277 g/mol. The minimum atomic E-state index is -0.255. The second-order valence-electron chi connectivity index (χ2n) is 4.93. The first-order valence-electron chi connectivity index (χ1n) is 6.72. The molecule has 0 aliphatic carbocycles. The van der Waals surface area contributed by atoms with Crippen LogP contribution in [-0.2, 0) is 6.42 Å². The van der Waals surface area contributed by atoms with Crippen molar-refractivity contribution in [3.05, 3.63) is 53.7 Å². The zero-order valence-corrected chi connectivity index (χ0v) is 12.0. The Balaban J connectivity index is 2.06. The molecule has 20 heavy (non-hydrogen) atoms. The molecular weight excluding hydrogens is 257 g/mol. The third kappa shape index (κ3) is 3.39. The van der Waals surface area contributed by atoms with Crippen LogP contribution in [0.15, 0.2) is 41.0 Å². The van der Waals surface area contributed by atoms with Crippen LogP contribution < -0.4 is 10.1 Å². The van der Waals surface area contributed by atoms with Crippen molar-refractivity contribution in [2.24, 2.45) is 0 Å². The number of methoxy groups -OCH3 is 1. The second-order valence-corrected chi connectivity index (χ2v) is 4.93. The maximum atomic E-state index is 14.0. The Bertz CT molecular complexity index is 539. The van der Waals surface area contributed by atoms with E-state index in [1.54, 1.807) is 25.5 Å². The number of hydrogen-bond acceptors (Lipinski definition) is 3. The van der Waals surface area contributed by atoms with Gasteiger partial charge in [0.05, 0.1) is 13.4 Å². The molecule has 0 fully saturated rings. The van der Waals surface area contributed by atoms with Crippen LogP contribution in [0.3, 0.4) is 0 Å². The van der Waals surface area contributed by atoms with Gasteiger partial charge >= 0.3 is 0 Å². The first-order valence-corrected chi connectivity index (χ1v) is 6.72. The molecule has 3 nitrogen and oxygen atoms in total. The highest BCUT2D eigenvalue weighted by atomic mass is 19.1. The first kappa shape index (κ1) is 14.6. The zero-order chi connectivity index (χ0) is 14.5. The van der Waals surface area contributed by atoms with Gasteiger partial charge in [-0.15, -0.1) is 0 Å². The van der Waals surface area contributed by atoms with E-state index in [4.69, 9.17) is 9.15 Å². The second kappa shape index (κ2) is 6.57. The van der Waals surface area contributed by atoms with E-state index in [1.807, 2.05) is 26.0 Å². The number of hydrogen-bond donors (Lipinski definition) is 1. The highest BCUT2D eigenvalue weighted by Crippen LogP contribution is 2.28. The summed E-state index contributed by atoms with van der Waals surface area (Å²) in [7, 11) is 1.55. The molecule has 2 aromatic rings. The van der Waals surface area contributed by atoms with E-state index < -0.39 is 0 Å². The Kier molecular flexibility index (Phi) is 4.79. The van der Waals surface area contributed by atoms with E-state index in [2.05, 4.69) is 5.32 Å². The van der Waals surface area contributed by atoms with Gasteiger partial charge in [-0.2, -0.15) is 0 Å². The van der Waals surface area contributed by atoms with Crippen molar-refractivity contribution < 1.29 is 13.5 Å². The van der Waals surface area contributed by atoms with Crippen molar-refractivity contribution in [1.29, 1.82) is 0 Å². The summed E-state index contributed by atoms with van der Waals surface area (Å²) in [6, 6.07) is 8.70. The van der Waals surface area contributed by atoms with Crippen LogP contribution >= 0.6 is 0 Å². The fraction of sp³-hybridized carbons (Fsp3) is 0.375. The third-order valence-electron chi connectivity index (χ3n) is 3.29. The molecule has 0 bridgehead atoms. The first-order chi connectivity index (χ1) is 9.61. The van der Waals surface area contributed by atoms with Crippen molar-refractivity contribution in [3.63, 3.8) is 0 Å². The number of ether oxygens (including phenoxy) is 1. The highest BCUT2D eigenvalue weighted by molar-refractivity contribution is 5.37. The lowest BCUT2D eigenvalue weighted by Gasteiger charge is -2.22. The summed E-state index contributed by atoms with van der Waals surface area (Å²) in [6.07, 6.45) is 2.42. The van der Waals surface area contributed by atoms with Crippen molar-refractivity contribution in [2.45, 2.75) is 32.4 Å². The molecule has 0 amide bonds. The number of rotatable bonds is 6. The SMILES string of the molecule is COc1cccc(F)c1C(C)NC(C)Cc1ccco1. The van der Waals surface area contributed by atoms with E-state index in [0.717, 1.165) is 12.2 Å². The van der Waals surface area contributed by atoms with E-state index in [9.17, 15) is 4.39 Å². The Hall–Kier alpha value is -1.81. The van der Waals surface area contributed by atoms with Gasteiger partial charge in [-0.1, -0.05) is 6.07 Å². The van der Waals surface area contributed by atoms with E-state index in [1.165, 1.54) is 6.07 Å². The van der Waals surface area contributed by atoms with Crippen LogP contribution in [0.5, 0.6) is 5.75 Å². The Morgan fingerprint density at radius 1 is 1.25 bits per heavy atom. The molecule has 1 N–H and O–H groups in total. The number of nitrogens with one attached hydrogen (secondary N) is 1. The van der Waals surface area contributed by atoms with E-state index in [0.29, 0.717) is 11.3 Å². The lowest BCUT2D eigenvalue weighted by Crippen LogP contribution is -2.31. The standard InChI is InChI=1S/C16H20FNO2/c1-11(10-13-6-5-9-20-13)18-12(2)16-14(17)7-4-8-15(16)19-3/h4-9,11-12,18H,10H2,1-3H3. The van der Waals surface area contributed by atoms with Gasteiger partial charge in [-0.05, 0) is 38.1 Å². The van der Waals surface area contributed by atoms with Crippen LogP contribution in [0.25, 0.3) is 0 Å². The predicted molar refractivity (Wildman–Crippen MR) is 76.4 cm³/mol. The number of benzene rings is 1. The predicted octanol–water partition coefficient (Wildman–Crippen LogP) is 3.71. The molecule has 1 heterocycles. The summed E-state index contributed by atoms with van der Waals surface area (Å²) < 4.78 is 24.5. The summed E-state index contributed by atoms with van der Waals surface area (Å²) in [6.45, 7) is 3.98. The third-order valence-corrected chi connectivity index (χ3v) is 3.29. The van der Waals surface area contributed by atoms with Gasteiger partial charge in [0.15, 0.2) is 0 Å². The van der Waals surface area contributed by atoms with Crippen molar-refractivity contribution in [3.8, 4) is 5.75 Å². The van der Waals surface area contributed by atoms with Gasteiger partial charge in [0.1, 0.15) is 17.3 Å². The highest BCUT2D eigenvalue weighted by Gasteiger charge is 2.18. The fourth-order valence-corrected chi connectivity index (χ4v) is 2.42. The van der Waals surface area contributed by atoms with Gasteiger partial charge < -0.3 is 14.5 Å². The molecular formula is C16H20FNO2. The maximum Gasteiger partial charge on any atom is 0.131 e. The molecule has 1 aromatic carbocycles. The van der Waals surface area contributed by atoms with Crippen molar-refractivity contribution in [2.75, 3.05) is 7.11 Å². The van der Waals surface area contributed by atoms with Crippen LogP contribution in [-0.4, -0.2) is 13.2 Å².